The highest BCUT2D eigenvalue weighted by Gasteiger charge is 2.42. The van der Waals surface area contributed by atoms with Gasteiger partial charge in [0.2, 0.25) is 0 Å². The first-order chi connectivity index (χ1) is 9.69. The van der Waals surface area contributed by atoms with E-state index in [0.29, 0.717) is 6.04 Å². The van der Waals surface area contributed by atoms with Crippen molar-refractivity contribution in [3.8, 4) is 5.75 Å². The minimum Gasteiger partial charge on any atom is -0.497 e. The van der Waals surface area contributed by atoms with Gasteiger partial charge in [-0.2, -0.15) is 0 Å². The molecule has 4 nitrogen and oxygen atoms in total. The summed E-state index contributed by atoms with van der Waals surface area (Å²) >= 11 is 0. The van der Waals surface area contributed by atoms with Crippen molar-refractivity contribution < 1.29 is 14.2 Å². The van der Waals surface area contributed by atoms with Gasteiger partial charge in [-0.25, -0.2) is 0 Å². The van der Waals surface area contributed by atoms with Crippen molar-refractivity contribution in [2.24, 2.45) is 0 Å². The lowest BCUT2D eigenvalue weighted by Crippen LogP contribution is -2.60. The van der Waals surface area contributed by atoms with E-state index in [1.165, 1.54) is 5.56 Å². The number of hydrogen-bond donors (Lipinski definition) is 1. The summed E-state index contributed by atoms with van der Waals surface area (Å²) in [6, 6.07) is 8.76. The fourth-order valence-electron chi connectivity index (χ4n) is 2.77. The Morgan fingerprint density at radius 2 is 2.15 bits per heavy atom. The van der Waals surface area contributed by atoms with E-state index in [4.69, 9.17) is 14.2 Å². The summed E-state index contributed by atoms with van der Waals surface area (Å²) in [7, 11) is 3.44. The largest absolute Gasteiger partial charge is 0.497 e. The molecule has 0 aliphatic heterocycles. The molecule has 1 aliphatic carbocycles. The second-order valence-corrected chi connectivity index (χ2v) is 5.20. The topological polar surface area (TPSA) is 39.7 Å². The van der Waals surface area contributed by atoms with E-state index in [9.17, 15) is 0 Å². The van der Waals surface area contributed by atoms with E-state index in [-0.39, 0.29) is 18.2 Å². The third-order valence-corrected chi connectivity index (χ3v) is 3.96. The fraction of sp³-hybridized carbons (Fsp3) is 0.625. The van der Waals surface area contributed by atoms with Gasteiger partial charge in [0.15, 0.2) is 0 Å². The predicted molar refractivity (Wildman–Crippen MR) is 79.2 cm³/mol. The van der Waals surface area contributed by atoms with Crippen LogP contribution >= 0.6 is 0 Å². The van der Waals surface area contributed by atoms with E-state index in [1.54, 1.807) is 14.2 Å². The quantitative estimate of drug-likeness (QED) is 0.832. The summed E-state index contributed by atoms with van der Waals surface area (Å²) in [6.45, 7) is 4.92. The molecule has 0 amide bonds. The minimum absolute atomic E-state index is 0.142. The van der Waals surface area contributed by atoms with Gasteiger partial charge in [0.05, 0.1) is 19.3 Å². The second-order valence-electron chi connectivity index (χ2n) is 5.20. The van der Waals surface area contributed by atoms with Crippen LogP contribution in [0, 0.1) is 0 Å². The Morgan fingerprint density at radius 3 is 2.80 bits per heavy atom. The standard InChI is InChI=1S/C16H25NO3/c1-5-20-15-10-14(16(15)19-4)17-11(2)12-7-6-8-13(9-12)18-3/h6-9,11,14-17H,5,10H2,1-4H3. The summed E-state index contributed by atoms with van der Waals surface area (Å²) in [6.07, 6.45) is 1.36. The number of nitrogens with one attached hydrogen (secondary N) is 1. The van der Waals surface area contributed by atoms with Gasteiger partial charge in [-0.3, -0.25) is 0 Å². The number of rotatable bonds is 7. The van der Waals surface area contributed by atoms with Gasteiger partial charge in [-0.15, -0.1) is 0 Å². The summed E-state index contributed by atoms with van der Waals surface area (Å²) in [5.74, 6) is 0.889. The molecule has 0 heterocycles. The van der Waals surface area contributed by atoms with Crippen molar-refractivity contribution in [2.45, 2.75) is 44.6 Å². The van der Waals surface area contributed by atoms with Crippen LogP contribution in [0.5, 0.6) is 5.75 Å². The molecule has 20 heavy (non-hydrogen) atoms. The molecule has 4 heteroatoms. The Labute approximate surface area is 121 Å². The summed E-state index contributed by atoms with van der Waals surface area (Å²) in [4.78, 5) is 0. The van der Waals surface area contributed by atoms with Gasteiger partial charge in [-0.1, -0.05) is 12.1 Å². The normalized spacial score (nSPS) is 26.9. The van der Waals surface area contributed by atoms with Crippen LogP contribution in [0.25, 0.3) is 0 Å². The van der Waals surface area contributed by atoms with Crippen molar-refractivity contribution in [1.29, 1.82) is 0 Å². The number of methoxy groups -OCH3 is 2. The van der Waals surface area contributed by atoms with Crippen molar-refractivity contribution in [1.82, 2.24) is 5.32 Å². The first-order valence-corrected chi connectivity index (χ1v) is 7.24. The van der Waals surface area contributed by atoms with Gasteiger partial charge in [-0.05, 0) is 38.0 Å². The van der Waals surface area contributed by atoms with Crippen molar-refractivity contribution in [3.05, 3.63) is 29.8 Å². The molecule has 1 N–H and O–H groups in total. The zero-order valence-corrected chi connectivity index (χ0v) is 12.8. The van der Waals surface area contributed by atoms with Crippen LogP contribution in [0.3, 0.4) is 0 Å². The Morgan fingerprint density at radius 1 is 1.35 bits per heavy atom. The van der Waals surface area contributed by atoms with Gasteiger partial charge in [0.1, 0.15) is 5.75 Å². The molecule has 1 fully saturated rings. The first kappa shape index (κ1) is 15.3. The lowest BCUT2D eigenvalue weighted by Gasteiger charge is -2.44. The number of ether oxygens (including phenoxy) is 3. The van der Waals surface area contributed by atoms with Crippen LogP contribution in [-0.2, 0) is 9.47 Å². The number of benzene rings is 1. The molecule has 0 spiro atoms. The van der Waals surface area contributed by atoms with E-state index >= 15 is 0 Å². The van der Waals surface area contributed by atoms with Crippen LogP contribution in [0.1, 0.15) is 31.9 Å². The SMILES string of the molecule is CCOC1CC(NC(C)c2cccc(OC)c2)C1OC. The molecule has 1 aliphatic rings. The lowest BCUT2D eigenvalue weighted by molar-refractivity contribution is -0.133. The molecule has 1 aromatic rings. The summed E-state index contributed by atoms with van der Waals surface area (Å²) in [5, 5.41) is 3.61. The second kappa shape index (κ2) is 7.07. The minimum atomic E-state index is 0.142. The fourth-order valence-corrected chi connectivity index (χ4v) is 2.77. The monoisotopic (exact) mass is 279 g/mol. The lowest BCUT2D eigenvalue weighted by atomic mass is 9.84. The molecule has 4 unspecified atom stereocenters. The van der Waals surface area contributed by atoms with E-state index < -0.39 is 0 Å². The molecule has 112 valence electrons. The highest BCUT2D eigenvalue weighted by molar-refractivity contribution is 5.30. The van der Waals surface area contributed by atoms with Crippen LogP contribution < -0.4 is 10.1 Å². The maximum absolute atomic E-state index is 5.65. The zero-order valence-electron chi connectivity index (χ0n) is 12.8. The van der Waals surface area contributed by atoms with Crippen LogP contribution in [0.4, 0.5) is 0 Å². The molecule has 2 rings (SSSR count). The molecule has 0 bridgehead atoms. The maximum Gasteiger partial charge on any atom is 0.119 e. The molecule has 1 saturated carbocycles. The number of hydrogen-bond acceptors (Lipinski definition) is 4. The van der Waals surface area contributed by atoms with Crippen molar-refractivity contribution >= 4 is 0 Å². The van der Waals surface area contributed by atoms with Gasteiger partial charge < -0.3 is 19.5 Å². The molecule has 4 atom stereocenters. The zero-order chi connectivity index (χ0) is 14.5. The first-order valence-electron chi connectivity index (χ1n) is 7.24. The Bertz CT molecular complexity index is 424. The molecule has 0 radical (unpaired) electrons. The molecule has 0 aromatic heterocycles. The van der Waals surface area contributed by atoms with Crippen LogP contribution in [0.15, 0.2) is 24.3 Å². The molecular formula is C16H25NO3. The summed E-state index contributed by atoms with van der Waals surface area (Å²) in [5.41, 5.74) is 1.22. The van der Waals surface area contributed by atoms with Crippen LogP contribution in [-0.4, -0.2) is 39.1 Å². The third kappa shape index (κ3) is 3.32. The average molecular weight is 279 g/mol. The van der Waals surface area contributed by atoms with Crippen molar-refractivity contribution in [2.75, 3.05) is 20.8 Å². The average Bonchev–Trinajstić information content (AvgIpc) is 2.46. The Balaban J connectivity index is 1.93. The highest BCUT2D eigenvalue weighted by Crippen LogP contribution is 2.29. The van der Waals surface area contributed by atoms with E-state index in [1.807, 2.05) is 19.1 Å². The summed E-state index contributed by atoms with van der Waals surface area (Å²) < 4.78 is 16.5. The highest BCUT2D eigenvalue weighted by atomic mass is 16.5. The smallest absolute Gasteiger partial charge is 0.119 e. The van der Waals surface area contributed by atoms with Gasteiger partial charge in [0.25, 0.3) is 0 Å². The van der Waals surface area contributed by atoms with E-state index in [0.717, 1.165) is 18.8 Å². The molecule has 0 saturated heterocycles. The predicted octanol–water partition coefficient (Wildman–Crippen LogP) is 2.54. The van der Waals surface area contributed by atoms with Crippen molar-refractivity contribution in [3.63, 3.8) is 0 Å². The van der Waals surface area contributed by atoms with Gasteiger partial charge >= 0.3 is 0 Å². The molecule has 1 aromatic carbocycles. The van der Waals surface area contributed by atoms with E-state index in [2.05, 4.69) is 24.4 Å². The maximum atomic E-state index is 5.65. The van der Waals surface area contributed by atoms with Crippen LogP contribution in [0.2, 0.25) is 0 Å². The van der Waals surface area contributed by atoms with Gasteiger partial charge in [0, 0.05) is 25.8 Å². The molecular weight excluding hydrogens is 254 g/mol. The Kier molecular flexibility index (Phi) is 5.40. The third-order valence-electron chi connectivity index (χ3n) is 3.96. The Hall–Kier alpha value is -1.10.